The normalized spacial score (nSPS) is 10.8. The van der Waals surface area contributed by atoms with Gasteiger partial charge in [-0.3, -0.25) is 9.78 Å². The summed E-state index contributed by atoms with van der Waals surface area (Å²) in [5.74, 6) is -0.732. The molecule has 106 valence electrons. The Hall–Kier alpha value is -1.98. The van der Waals surface area contributed by atoms with E-state index < -0.39 is 5.82 Å². The second kappa shape index (κ2) is 5.79. The van der Waals surface area contributed by atoms with E-state index >= 15 is 0 Å². The Labute approximate surface area is 129 Å². The molecule has 0 bridgehead atoms. The van der Waals surface area contributed by atoms with Crippen LogP contribution in [0.1, 0.15) is 15.2 Å². The predicted octanol–water partition coefficient (Wildman–Crippen LogP) is 4.02. The molecule has 0 saturated heterocycles. The number of thiophene rings is 1. The van der Waals surface area contributed by atoms with Crippen LogP contribution in [0.2, 0.25) is 5.02 Å². The first-order chi connectivity index (χ1) is 10.2. The fourth-order valence-corrected chi connectivity index (χ4v) is 3.46. The molecule has 1 N–H and O–H groups in total. The first-order valence-electron chi connectivity index (χ1n) is 6.20. The summed E-state index contributed by atoms with van der Waals surface area (Å²) in [4.78, 5) is 16.5. The Kier molecular flexibility index (Phi) is 3.86. The molecule has 0 saturated carbocycles. The van der Waals surface area contributed by atoms with Gasteiger partial charge < -0.3 is 5.32 Å². The third-order valence-corrected chi connectivity index (χ3v) is 4.63. The maximum Gasteiger partial charge on any atom is 0.263 e. The van der Waals surface area contributed by atoms with E-state index in [1.165, 1.54) is 17.4 Å². The van der Waals surface area contributed by atoms with Gasteiger partial charge in [0.2, 0.25) is 0 Å². The van der Waals surface area contributed by atoms with Crippen LogP contribution in [0.15, 0.2) is 42.7 Å². The van der Waals surface area contributed by atoms with Gasteiger partial charge in [0.05, 0.1) is 5.02 Å². The van der Waals surface area contributed by atoms with E-state index in [0.717, 1.165) is 5.56 Å². The van der Waals surface area contributed by atoms with Gasteiger partial charge in [0.15, 0.2) is 0 Å². The van der Waals surface area contributed by atoms with Crippen LogP contribution in [-0.4, -0.2) is 10.9 Å². The maximum atomic E-state index is 13.8. The molecule has 0 aliphatic heterocycles. The highest BCUT2D eigenvalue weighted by atomic mass is 35.5. The molecule has 0 radical (unpaired) electrons. The summed E-state index contributed by atoms with van der Waals surface area (Å²) < 4.78 is 14.4. The molecular weight excluding hydrogens is 311 g/mol. The van der Waals surface area contributed by atoms with Crippen LogP contribution in [0.3, 0.4) is 0 Å². The SMILES string of the molecule is O=C(NCc1cccnc1)c1sc2cccc(F)c2c1Cl. The number of amides is 1. The molecule has 3 aromatic rings. The van der Waals surface area contributed by atoms with Gasteiger partial charge >= 0.3 is 0 Å². The number of fused-ring (bicyclic) bond motifs is 1. The van der Waals surface area contributed by atoms with Crippen molar-refractivity contribution in [3.63, 3.8) is 0 Å². The highest BCUT2D eigenvalue weighted by molar-refractivity contribution is 7.21. The molecule has 0 atom stereocenters. The van der Waals surface area contributed by atoms with E-state index in [-0.39, 0.29) is 10.9 Å². The van der Waals surface area contributed by atoms with Crippen molar-refractivity contribution in [1.82, 2.24) is 10.3 Å². The molecule has 0 aliphatic rings. The Bertz CT molecular complexity index is 804. The average Bonchev–Trinajstić information content (AvgIpc) is 2.84. The van der Waals surface area contributed by atoms with E-state index in [9.17, 15) is 9.18 Å². The molecule has 2 aromatic heterocycles. The molecule has 0 spiro atoms. The summed E-state index contributed by atoms with van der Waals surface area (Å²) in [6.45, 7) is 0.347. The van der Waals surface area contributed by atoms with Crippen LogP contribution < -0.4 is 5.32 Å². The molecule has 3 nitrogen and oxygen atoms in total. The van der Waals surface area contributed by atoms with Gasteiger partial charge in [-0.15, -0.1) is 11.3 Å². The average molecular weight is 321 g/mol. The van der Waals surface area contributed by atoms with Crippen molar-refractivity contribution in [3.05, 3.63) is 64.0 Å². The first-order valence-corrected chi connectivity index (χ1v) is 7.40. The van der Waals surface area contributed by atoms with Crippen LogP contribution in [0.5, 0.6) is 0 Å². The Morgan fingerprint density at radius 1 is 1.33 bits per heavy atom. The van der Waals surface area contributed by atoms with Gasteiger partial charge in [-0.2, -0.15) is 0 Å². The van der Waals surface area contributed by atoms with E-state index in [2.05, 4.69) is 10.3 Å². The molecule has 0 aliphatic carbocycles. The minimum absolute atomic E-state index is 0.164. The number of carbonyl (C=O) groups is 1. The number of carbonyl (C=O) groups excluding carboxylic acids is 1. The zero-order valence-corrected chi connectivity index (χ0v) is 12.3. The number of hydrogen-bond donors (Lipinski definition) is 1. The van der Waals surface area contributed by atoms with Crippen LogP contribution in [-0.2, 0) is 6.54 Å². The molecule has 21 heavy (non-hydrogen) atoms. The summed E-state index contributed by atoms with van der Waals surface area (Å²) in [7, 11) is 0. The zero-order chi connectivity index (χ0) is 14.8. The lowest BCUT2D eigenvalue weighted by atomic mass is 10.2. The number of benzene rings is 1. The van der Waals surface area contributed by atoms with Crippen molar-refractivity contribution in [2.45, 2.75) is 6.54 Å². The number of pyridine rings is 1. The zero-order valence-electron chi connectivity index (χ0n) is 10.8. The summed E-state index contributed by atoms with van der Waals surface area (Å²) >= 11 is 7.32. The van der Waals surface area contributed by atoms with Gasteiger partial charge in [0.25, 0.3) is 5.91 Å². The maximum absolute atomic E-state index is 13.8. The Morgan fingerprint density at radius 2 is 2.19 bits per heavy atom. The summed E-state index contributed by atoms with van der Waals surface area (Å²) in [6, 6.07) is 8.33. The number of nitrogens with one attached hydrogen (secondary N) is 1. The van der Waals surface area contributed by atoms with E-state index in [1.54, 1.807) is 30.6 Å². The lowest BCUT2D eigenvalue weighted by molar-refractivity contribution is 0.0955. The number of halogens is 2. The molecule has 1 aromatic carbocycles. The first kappa shape index (κ1) is 14.0. The third-order valence-electron chi connectivity index (χ3n) is 2.99. The highest BCUT2D eigenvalue weighted by Crippen LogP contribution is 2.36. The predicted molar refractivity (Wildman–Crippen MR) is 82.2 cm³/mol. The lowest BCUT2D eigenvalue weighted by Gasteiger charge is -2.03. The smallest absolute Gasteiger partial charge is 0.263 e. The molecule has 6 heteroatoms. The highest BCUT2D eigenvalue weighted by Gasteiger charge is 2.19. The minimum atomic E-state index is -0.417. The van der Waals surface area contributed by atoms with Gasteiger partial charge in [0.1, 0.15) is 10.7 Å². The van der Waals surface area contributed by atoms with Crippen molar-refractivity contribution in [2.75, 3.05) is 0 Å². The fourth-order valence-electron chi connectivity index (χ4n) is 1.98. The molecule has 0 unspecified atom stereocenters. The molecule has 2 heterocycles. The van der Waals surface area contributed by atoms with Crippen molar-refractivity contribution in [3.8, 4) is 0 Å². The number of aromatic nitrogens is 1. The minimum Gasteiger partial charge on any atom is -0.347 e. The molecule has 3 rings (SSSR count). The fraction of sp³-hybridized carbons (Fsp3) is 0.0667. The van der Waals surface area contributed by atoms with E-state index in [0.29, 0.717) is 21.5 Å². The summed E-state index contributed by atoms with van der Waals surface area (Å²) in [5, 5.41) is 3.23. The number of rotatable bonds is 3. The van der Waals surface area contributed by atoms with Gasteiger partial charge in [-0.05, 0) is 23.8 Å². The van der Waals surface area contributed by atoms with Crippen LogP contribution in [0.4, 0.5) is 4.39 Å². The van der Waals surface area contributed by atoms with Gasteiger partial charge in [0, 0.05) is 29.0 Å². The van der Waals surface area contributed by atoms with Crippen LogP contribution >= 0.6 is 22.9 Å². The van der Waals surface area contributed by atoms with Crippen LogP contribution in [0, 0.1) is 5.82 Å². The standard InChI is InChI=1S/C15H10ClFN2OS/c16-13-12-10(17)4-1-5-11(12)21-14(13)15(20)19-8-9-3-2-6-18-7-9/h1-7H,8H2,(H,19,20). The van der Waals surface area contributed by atoms with E-state index in [4.69, 9.17) is 11.6 Å². The van der Waals surface area contributed by atoms with Crippen molar-refractivity contribution in [1.29, 1.82) is 0 Å². The monoisotopic (exact) mass is 320 g/mol. The second-order valence-corrected chi connectivity index (χ2v) is 5.83. The topological polar surface area (TPSA) is 42.0 Å². The molecule has 1 amide bonds. The Morgan fingerprint density at radius 3 is 2.90 bits per heavy atom. The summed E-state index contributed by atoms with van der Waals surface area (Å²) in [6.07, 6.45) is 3.34. The van der Waals surface area contributed by atoms with Crippen LogP contribution in [0.25, 0.3) is 10.1 Å². The van der Waals surface area contributed by atoms with Gasteiger partial charge in [-0.25, -0.2) is 4.39 Å². The largest absolute Gasteiger partial charge is 0.347 e. The summed E-state index contributed by atoms with van der Waals surface area (Å²) in [5.41, 5.74) is 0.884. The second-order valence-electron chi connectivity index (χ2n) is 4.40. The molecule has 0 fully saturated rings. The van der Waals surface area contributed by atoms with Gasteiger partial charge in [-0.1, -0.05) is 23.7 Å². The van der Waals surface area contributed by atoms with E-state index in [1.807, 2.05) is 6.07 Å². The quantitative estimate of drug-likeness (QED) is 0.792. The Balaban J connectivity index is 1.85. The van der Waals surface area contributed by atoms with Crippen molar-refractivity contribution < 1.29 is 9.18 Å². The molecular formula is C15H10ClFN2OS. The number of nitrogens with zero attached hydrogens (tertiary/aromatic N) is 1. The lowest BCUT2D eigenvalue weighted by Crippen LogP contribution is -2.22. The third kappa shape index (κ3) is 2.75. The van der Waals surface area contributed by atoms with Crippen molar-refractivity contribution in [2.24, 2.45) is 0 Å². The number of hydrogen-bond acceptors (Lipinski definition) is 3. The van der Waals surface area contributed by atoms with Crippen molar-refractivity contribution >= 4 is 38.9 Å².